The molecule has 0 radical (unpaired) electrons. The average molecular weight is 367 g/mol. The molecular weight excluding hydrogens is 332 g/mol. The van der Waals surface area contributed by atoms with Crippen molar-refractivity contribution in [3.63, 3.8) is 0 Å². The Balaban J connectivity index is 3.62. The summed E-state index contributed by atoms with van der Waals surface area (Å²) in [4.78, 5) is 13.8. The molecule has 5 heteroatoms. The number of aromatic nitrogens is 2. The van der Waals surface area contributed by atoms with Crippen LogP contribution in [0.5, 0.6) is 0 Å². The van der Waals surface area contributed by atoms with Gasteiger partial charge in [-0.25, -0.2) is 4.68 Å². The molecule has 0 atom stereocenters. The second kappa shape index (κ2) is 7.90. The summed E-state index contributed by atoms with van der Waals surface area (Å²) < 4.78 is 14.8. The lowest BCUT2D eigenvalue weighted by Gasteiger charge is -2.27. The quantitative estimate of drug-likeness (QED) is 0.535. The van der Waals surface area contributed by atoms with E-state index in [0.29, 0.717) is 10.6 Å². The highest BCUT2D eigenvalue weighted by atomic mass is 32.2. The zero-order chi connectivity index (χ0) is 19.5. The highest BCUT2D eigenvalue weighted by Crippen LogP contribution is 2.30. The Morgan fingerprint density at radius 2 is 1.80 bits per heavy atom. The summed E-state index contributed by atoms with van der Waals surface area (Å²) in [6, 6.07) is 1.81. The molecule has 0 aliphatic carbocycles. The molecule has 0 saturated carbocycles. The maximum Gasteiger partial charge on any atom is 0.178 e. The van der Waals surface area contributed by atoms with Gasteiger partial charge in [-0.2, -0.15) is 5.10 Å². The van der Waals surface area contributed by atoms with Crippen molar-refractivity contribution in [3.8, 4) is 0 Å². The summed E-state index contributed by atoms with van der Waals surface area (Å²) >= 11 is 0. The van der Waals surface area contributed by atoms with Crippen molar-refractivity contribution in [3.05, 3.63) is 24.5 Å². The van der Waals surface area contributed by atoms with Gasteiger partial charge in [0.2, 0.25) is 0 Å². The normalized spacial score (nSPS) is 13.8. The number of Topliss-reactive ketones (excluding diaryl/α,β-unsaturated/α-hetero) is 1. The molecule has 1 rings (SSSR count). The summed E-state index contributed by atoms with van der Waals surface area (Å²) in [5, 5.41) is 4.31. The van der Waals surface area contributed by atoms with Crippen molar-refractivity contribution in [2.24, 2.45) is 10.8 Å². The van der Waals surface area contributed by atoms with E-state index in [1.807, 2.05) is 26.0 Å². The molecule has 0 aliphatic heterocycles. The van der Waals surface area contributed by atoms with E-state index < -0.39 is 14.9 Å². The van der Waals surface area contributed by atoms with Gasteiger partial charge in [0.05, 0.1) is 10.6 Å². The number of hydrogen-bond acceptors (Lipinski definition) is 3. The molecule has 1 heterocycles. The minimum atomic E-state index is -2.48. The fourth-order valence-electron chi connectivity index (χ4n) is 2.69. The van der Waals surface area contributed by atoms with Gasteiger partial charge in [-0.1, -0.05) is 60.5 Å². The molecular formula is C20H34N2O2S. The number of rotatable bonds is 7. The van der Waals surface area contributed by atoms with Gasteiger partial charge in [0.15, 0.2) is 5.78 Å². The van der Waals surface area contributed by atoms with Crippen LogP contribution in [0.15, 0.2) is 24.5 Å². The van der Waals surface area contributed by atoms with Gasteiger partial charge in [0, 0.05) is 30.3 Å². The zero-order valence-corrected chi connectivity index (χ0v) is 17.9. The Bertz CT molecular complexity index is 733. The number of ketones is 1. The summed E-state index contributed by atoms with van der Waals surface area (Å²) in [7, 11) is -2.48. The van der Waals surface area contributed by atoms with E-state index in [1.165, 1.54) is 0 Å². The molecule has 142 valence electrons. The third-order valence-corrected chi connectivity index (χ3v) is 5.40. The number of allylic oxidation sites excluding steroid dienone is 2. The van der Waals surface area contributed by atoms with Gasteiger partial charge in [-0.3, -0.25) is 9.00 Å². The minimum Gasteiger partial charge on any atom is -0.293 e. The van der Waals surface area contributed by atoms with Crippen LogP contribution >= 0.6 is 0 Å². The zero-order valence-electron chi connectivity index (χ0n) is 17.0. The van der Waals surface area contributed by atoms with Crippen LogP contribution in [0.4, 0.5) is 0 Å². The molecule has 0 aliphatic rings. The van der Waals surface area contributed by atoms with Crippen molar-refractivity contribution in [1.82, 2.24) is 9.78 Å². The van der Waals surface area contributed by atoms with Crippen molar-refractivity contribution < 1.29 is 9.00 Å². The van der Waals surface area contributed by atoms with E-state index >= 15 is 0 Å². The Labute approximate surface area is 153 Å². The second-order valence-electron chi connectivity index (χ2n) is 8.73. The third-order valence-electron chi connectivity index (χ3n) is 4.02. The lowest BCUT2D eigenvalue weighted by Crippen LogP contribution is -2.37. The minimum absolute atomic E-state index is 0.0399. The Morgan fingerprint density at radius 3 is 2.20 bits per heavy atom. The van der Waals surface area contributed by atoms with Gasteiger partial charge in [-0.05, 0) is 27.4 Å². The molecule has 1 aromatic rings. The number of carbonyl (C=O) groups is 1. The number of hydrogen-bond donors (Lipinski definition) is 0. The molecule has 0 saturated heterocycles. The lowest BCUT2D eigenvalue weighted by atomic mass is 9.80. The largest absolute Gasteiger partial charge is 0.293 e. The van der Waals surface area contributed by atoms with E-state index in [1.54, 1.807) is 29.6 Å². The first-order valence-electron chi connectivity index (χ1n) is 8.89. The van der Waals surface area contributed by atoms with Crippen LogP contribution in [0.25, 0.3) is 5.70 Å². The summed E-state index contributed by atoms with van der Waals surface area (Å²) in [6.07, 6.45) is 11.6. The topological polar surface area (TPSA) is 52.0 Å². The standard InChI is InChI=1S/C20H34N2O2S/c1-9-10-12-20(5,6)18(23)17(25(7,8)24)16(15-19(2,3)4)22-14-11-13-21-22/h11,13-15H,9-10,12H2,1-8H3/b16-15+. The van der Waals surface area contributed by atoms with E-state index in [-0.39, 0.29) is 11.2 Å². The summed E-state index contributed by atoms with van der Waals surface area (Å²) in [6.45, 7) is 12.2. The molecule has 0 spiro atoms. The molecule has 4 nitrogen and oxygen atoms in total. The van der Waals surface area contributed by atoms with Crippen LogP contribution in [0, 0.1) is 10.8 Å². The van der Waals surface area contributed by atoms with Crippen LogP contribution in [0.3, 0.4) is 0 Å². The second-order valence-corrected chi connectivity index (χ2v) is 11.6. The maximum absolute atomic E-state index is 13.4. The first kappa shape index (κ1) is 21.7. The molecule has 0 aromatic carbocycles. The third kappa shape index (κ3) is 6.14. The maximum atomic E-state index is 13.4. The van der Waals surface area contributed by atoms with Gasteiger partial charge in [-0.15, -0.1) is 0 Å². The fourth-order valence-corrected chi connectivity index (χ4v) is 4.07. The fraction of sp³-hybridized carbons (Fsp3) is 0.650. The predicted molar refractivity (Wildman–Crippen MR) is 109 cm³/mol. The summed E-state index contributed by atoms with van der Waals surface area (Å²) in [5.41, 5.74) is -0.0862. The Hall–Kier alpha value is -1.36. The molecule has 1 aromatic heterocycles. The van der Waals surface area contributed by atoms with Crippen molar-refractivity contribution in [1.29, 1.82) is 0 Å². The molecule has 25 heavy (non-hydrogen) atoms. The van der Waals surface area contributed by atoms with Crippen LogP contribution in [-0.4, -0.2) is 37.1 Å². The van der Waals surface area contributed by atoms with E-state index in [4.69, 9.17) is 0 Å². The number of unbranched alkanes of at least 4 members (excludes halogenated alkanes) is 1. The van der Waals surface area contributed by atoms with E-state index in [0.717, 1.165) is 19.3 Å². The first-order chi connectivity index (χ1) is 11.3. The SMILES string of the molecule is CCCCC(C)(C)C(=O)C(/C(=C\C(C)(C)C)n1cccn1)=S(C)(C)=O. The molecule has 0 amide bonds. The van der Waals surface area contributed by atoms with E-state index in [9.17, 15) is 9.00 Å². The van der Waals surface area contributed by atoms with Gasteiger partial charge in [0.1, 0.15) is 0 Å². The number of nitrogens with zero attached hydrogens (tertiary/aromatic N) is 2. The molecule has 0 bridgehead atoms. The van der Waals surface area contributed by atoms with Gasteiger partial charge < -0.3 is 0 Å². The van der Waals surface area contributed by atoms with Crippen LogP contribution in [-0.2, 0) is 14.3 Å². The highest BCUT2D eigenvalue weighted by Gasteiger charge is 2.35. The smallest absolute Gasteiger partial charge is 0.178 e. The van der Waals surface area contributed by atoms with Crippen LogP contribution in [0.2, 0.25) is 0 Å². The van der Waals surface area contributed by atoms with Crippen molar-refractivity contribution in [2.75, 3.05) is 12.5 Å². The Kier molecular flexibility index (Phi) is 6.85. The lowest BCUT2D eigenvalue weighted by molar-refractivity contribution is -0.120. The van der Waals surface area contributed by atoms with Gasteiger partial charge >= 0.3 is 0 Å². The molecule has 0 unspecified atom stereocenters. The van der Waals surface area contributed by atoms with Crippen molar-refractivity contribution >= 4 is 25.9 Å². The highest BCUT2D eigenvalue weighted by molar-refractivity contribution is 8.03. The monoisotopic (exact) mass is 366 g/mol. The molecule has 0 fully saturated rings. The molecule has 0 N–H and O–H groups in total. The Morgan fingerprint density at radius 1 is 1.20 bits per heavy atom. The van der Waals surface area contributed by atoms with Gasteiger partial charge in [0.25, 0.3) is 0 Å². The number of carbonyl (C=O) groups excluding carboxylic acids is 1. The summed E-state index contributed by atoms with van der Waals surface area (Å²) in [5.74, 6) is -0.0399. The first-order valence-corrected chi connectivity index (χ1v) is 11.3. The van der Waals surface area contributed by atoms with Crippen LogP contribution < -0.4 is 0 Å². The average Bonchev–Trinajstić information content (AvgIpc) is 2.95. The van der Waals surface area contributed by atoms with Crippen LogP contribution in [0.1, 0.15) is 60.8 Å². The van der Waals surface area contributed by atoms with E-state index in [2.05, 4.69) is 32.8 Å². The van der Waals surface area contributed by atoms with Crippen molar-refractivity contribution in [2.45, 2.75) is 60.8 Å². The predicted octanol–water partition coefficient (Wildman–Crippen LogP) is 4.27.